The Morgan fingerprint density at radius 3 is 1.25 bits per heavy atom. The first kappa shape index (κ1) is 24.7. The van der Waals surface area contributed by atoms with Crippen molar-refractivity contribution >= 4 is 22.5 Å². The van der Waals surface area contributed by atoms with E-state index in [0.29, 0.717) is 22.5 Å². The molecule has 0 aliphatic rings. The molecule has 0 aliphatic carbocycles. The van der Waals surface area contributed by atoms with Gasteiger partial charge in [-0.1, -0.05) is 0 Å². The molecule has 0 saturated heterocycles. The molecule has 0 unspecified atom stereocenters. The molecule has 4 heteroatoms. The topological polar surface area (TPSA) is 53.6 Å². The molecular weight excluding hydrogens is 168 g/mol. The molecule has 0 aromatic heterocycles. The average Bonchev–Trinajstić information content (AvgIpc) is 1.00. The molecule has 0 aromatic carbocycles. The van der Waals surface area contributed by atoms with Gasteiger partial charge in [0.05, 0.1) is 0 Å². The average molecular weight is 172 g/mol. The third kappa shape index (κ3) is 23.1. The van der Waals surface area contributed by atoms with E-state index in [-0.39, 0.29) is 10.9 Å². The Hall–Kier alpha value is 0.489. The van der Waals surface area contributed by atoms with Crippen LogP contribution in [0.25, 0.3) is 0 Å². The van der Waals surface area contributed by atoms with E-state index in [4.69, 9.17) is 3.08 Å². The van der Waals surface area contributed by atoms with Gasteiger partial charge in [-0.05, 0) is 0 Å². The van der Waals surface area contributed by atoms with Crippen LogP contribution in [0.3, 0.4) is 0 Å². The van der Waals surface area contributed by atoms with Crippen molar-refractivity contribution < 1.29 is 7.78 Å². The molecule has 4 N–H and O–H groups in total. The first-order valence-corrected chi connectivity index (χ1v) is 1.37. The van der Waals surface area contributed by atoms with Gasteiger partial charge >= 0.3 is 25.6 Å². The number of hydrogen-bond donors (Lipinski definition) is 1. The molecule has 0 aliphatic heterocycles. The van der Waals surface area contributed by atoms with Crippen LogP contribution >= 0.6 is 0 Å². The van der Waals surface area contributed by atoms with Crippen LogP contribution in [0.15, 0.2) is 0 Å². The molecule has 0 spiro atoms. The Morgan fingerprint density at radius 1 is 1.25 bits per heavy atom. The van der Waals surface area contributed by atoms with Gasteiger partial charge in [0, 0.05) is 0 Å². The van der Waals surface area contributed by atoms with Gasteiger partial charge in [0.25, 0.3) is 0 Å². The molecule has 4 heavy (non-hydrogen) atoms. The quantitative estimate of drug-likeness (QED) is 0.386. The fourth-order valence-corrected chi connectivity index (χ4v) is 0. The molecule has 0 fully saturated rings. The first-order chi connectivity index (χ1) is 1.00. The molecule has 0 aromatic rings. The number of hydrogen-bond acceptors (Lipinski definition) is 1. The summed E-state index contributed by atoms with van der Waals surface area (Å²) >= 11 is 0.300. The molecular formula is H4FNOSn. The minimum absolute atomic E-state index is 0. The molecule has 0 amide bonds. The Bertz CT molecular complexity index is 8.00. The van der Waals surface area contributed by atoms with Gasteiger partial charge in [0.15, 0.2) is 0 Å². The maximum atomic E-state index is 8.34. The molecule has 2 radical (unpaired) electrons. The summed E-state index contributed by atoms with van der Waals surface area (Å²) in [6.45, 7) is 0. The van der Waals surface area contributed by atoms with Crippen molar-refractivity contribution in [3.8, 4) is 0 Å². The van der Waals surface area contributed by atoms with Gasteiger partial charge in [-0.2, -0.15) is 0 Å². The van der Waals surface area contributed by atoms with Crippen molar-refractivity contribution in [3.05, 3.63) is 0 Å². The van der Waals surface area contributed by atoms with Gasteiger partial charge in [-0.15, -0.1) is 0 Å². The normalized spacial score (nSPS) is 1.00. The minimum atomic E-state index is 0. The van der Waals surface area contributed by atoms with Crippen LogP contribution in [0.5, 0.6) is 0 Å². The van der Waals surface area contributed by atoms with E-state index >= 15 is 0 Å². The summed E-state index contributed by atoms with van der Waals surface area (Å²) < 4.78 is 8.34. The van der Waals surface area contributed by atoms with Crippen molar-refractivity contribution in [3.63, 3.8) is 0 Å². The van der Waals surface area contributed by atoms with E-state index in [0.717, 1.165) is 0 Å². The summed E-state index contributed by atoms with van der Waals surface area (Å²) in [6.07, 6.45) is 0. The van der Waals surface area contributed by atoms with Crippen molar-refractivity contribution in [2.24, 2.45) is 0 Å². The third-order valence-corrected chi connectivity index (χ3v) is 0. The van der Waals surface area contributed by atoms with Crippen LogP contribution in [0, 0.1) is 0 Å². The van der Waals surface area contributed by atoms with E-state index in [9.17, 15) is 0 Å². The van der Waals surface area contributed by atoms with Crippen molar-refractivity contribution in [2.45, 2.75) is 0 Å². The predicted molar refractivity (Wildman–Crippen MR) is 12.4 cm³/mol. The summed E-state index contributed by atoms with van der Waals surface area (Å²) in [5, 5.41) is 0. The zero-order chi connectivity index (χ0) is 2.00. The second-order valence-corrected chi connectivity index (χ2v) is 0. The van der Waals surface area contributed by atoms with Gasteiger partial charge in [0.2, 0.25) is 0 Å². The Labute approximate surface area is 37.0 Å². The molecule has 0 atom stereocenters. The number of quaternary nitrogens is 1. The molecule has 0 heterocycles. The van der Waals surface area contributed by atoms with Crippen molar-refractivity contribution in [2.75, 3.05) is 0 Å². The van der Waals surface area contributed by atoms with Crippen LogP contribution in [-0.2, 0) is 3.08 Å². The SMILES string of the molecule is [F-].[NH4+].[O]=[Sn]. The summed E-state index contributed by atoms with van der Waals surface area (Å²) in [5.41, 5.74) is 0. The standard InChI is InChI=1S/FH.H3N.O.Sn/h1H;1H3;;. The van der Waals surface area contributed by atoms with E-state index in [1.54, 1.807) is 0 Å². The van der Waals surface area contributed by atoms with Crippen LogP contribution in [0.2, 0.25) is 0 Å². The molecule has 0 bridgehead atoms. The van der Waals surface area contributed by atoms with E-state index in [1.165, 1.54) is 0 Å². The van der Waals surface area contributed by atoms with Crippen molar-refractivity contribution in [1.29, 1.82) is 0 Å². The monoisotopic (exact) mass is 173 g/mol. The molecule has 0 saturated carbocycles. The second-order valence-electron chi connectivity index (χ2n) is 0. The zero-order valence-electron chi connectivity index (χ0n) is 2.29. The summed E-state index contributed by atoms with van der Waals surface area (Å²) in [5.74, 6) is 0. The van der Waals surface area contributed by atoms with E-state index < -0.39 is 0 Å². The summed E-state index contributed by atoms with van der Waals surface area (Å²) in [6, 6.07) is 0. The molecule has 26 valence electrons. The van der Waals surface area contributed by atoms with Gasteiger partial charge < -0.3 is 10.9 Å². The summed E-state index contributed by atoms with van der Waals surface area (Å²) in [7, 11) is 0. The van der Waals surface area contributed by atoms with E-state index in [1.807, 2.05) is 0 Å². The zero-order valence-corrected chi connectivity index (χ0v) is 5.14. The van der Waals surface area contributed by atoms with Gasteiger partial charge in [-0.3, -0.25) is 0 Å². The predicted octanol–water partition coefficient (Wildman–Crippen LogP) is -3.12. The summed E-state index contributed by atoms with van der Waals surface area (Å²) in [4.78, 5) is 0. The van der Waals surface area contributed by atoms with Crippen LogP contribution < -0.4 is 10.9 Å². The Kier molecular flexibility index (Phi) is 558. The maximum absolute atomic E-state index is 8.34. The Morgan fingerprint density at radius 2 is 1.25 bits per heavy atom. The fraction of sp³-hybridized carbons (Fsp3) is 0. The van der Waals surface area contributed by atoms with E-state index in [2.05, 4.69) is 0 Å². The van der Waals surface area contributed by atoms with Gasteiger partial charge in [0.1, 0.15) is 0 Å². The first-order valence-electron chi connectivity index (χ1n) is 0.204. The van der Waals surface area contributed by atoms with Crippen LogP contribution in [0.4, 0.5) is 0 Å². The fourth-order valence-electron chi connectivity index (χ4n) is 0. The van der Waals surface area contributed by atoms with Crippen LogP contribution in [-0.4, -0.2) is 22.5 Å². The molecule has 2 nitrogen and oxygen atoms in total. The Balaban J connectivity index is -0.00000000500. The number of halogens is 1. The third-order valence-electron chi connectivity index (χ3n) is 0. The van der Waals surface area contributed by atoms with Gasteiger partial charge in [-0.25, -0.2) is 0 Å². The number of rotatable bonds is 0. The second kappa shape index (κ2) is 90.5. The molecule has 0 rings (SSSR count). The van der Waals surface area contributed by atoms with Crippen LogP contribution in [0.1, 0.15) is 0 Å². The van der Waals surface area contributed by atoms with Crippen molar-refractivity contribution in [1.82, 2.24) is 6.15 Å².